The van der Waals surface area contributed by atoms with Crippen molar-refractivity contribution < 1.29 is 19.8 Å². The number of nitriles is 1. The molecule has 2 rings (SSSR count). The molecule has 0 radical (unpaired) electrons. The zero-order chi connectivity index (χ0) is 17.9. The first-order valence-corrected chi connectivity index (χ1v) is 8.43. The van der Waals surface area contributed by atoms with E-state index in [-0.39, 0.29) is 12.0 Å². The minimum atomic E-state index is -1.49. The highest BCUT2D eigenvalue weighted by molar-refractivity contribution is 9.09. The number of allylic oxidation sites excluding steroid dienone is 2. The highest BCUT2D eigenvalue weighted by Gasteiger charge is 2.43. The van der Waals surface area contributed by atoms with Crippen LogP contribution in [0, 0.1) is 11.3 Å². The molecule has 5 nitrogen and oxygen atoms in total. The largest absolute Gasteiger partial charge is 0.480 e. The molecule has 124 valence electrons. The SMILES string of the molecule is CC1=C(C(=O)O)CC(C(=O)O)(c2cccc(C#N)c2CCBr)C=C1. The number of halogens is 1. The molecule has 1 unspecified atom stereocenters. The smallest absolute Gasteiger partial charge is 0.331 e. The average molecular weight is 390 g/mol. The second-order valence-electron chi connectivity index (χ2n) is 5.64. The van der Waals surface area contributed by atoms with E-state index < -0.39 is 17.4 Å². The van der Waals surface area contributed by atoms with E-state index in [2.05, 4.69) is 22.0 Å². The van der Waals surface area contributed by atoms with E-state index in [1.165, 1.54) is 12.2 Å². The summed E-state index contributed by atoms with van der Waals surface area (Å²) in [6, 6.07) is 7.03. The summed E-state index contributed by atoms with van der Waals surface area (Å²) in [5, 5.41) is 29.2. The van der Waals surface area contributed by atoms with Gasteiger partial charge in [0.15, 0.2) is 0 Å². The van der Waals surface area contributed by atoms with E-state index in [0.29, 0.717) is 34.0 Å². The fourth-order valence-corrected chi connectivity index (χ4v) is 3.41. The summed E-state index contributed by atoms with van der Waals surface area (Å²) in [6.07, 6.45) is 3.40. The highest BCUT2D eigenvalue weighted by Crippen LogP contribution is 2.40. The van der Waals surface area contributed by atoms with Crippen LogP contribution in [0.15, 0.2) is 41.5 Å². The van der Waals surface area contributed by atoms with E-state index >= 15 is 0 Å². The van der Waals surface area contributed by atoms with Crippen molar-refractivity contribution >= 4 is 27.9 Å². The van der Waals surface area contributed by atoms with Gasteiger partial charge in [0.05, 0.1) is 11.6 Å². The molecule has 6 heteroatoms. The van der Waals surface area contributed by atoms with Gasteiger partial charge in [-0.2, -0.15) is 5.26 Å². The van der Waals surface area contributed by atoms with E-state index in [1.54, 1.807) is 25.1 Å². The number of carboxylic acid groups (broad SMARTS) is 2. The first kappa shape index (κ1) is 18.0. The maximum absolute atomic E-state index is 12.1. The van der Waals surface area contributed by atoms with E-state index in [0.717, 1.165) is 0 Å². The quantitative estimate of drug-likeness (QED) is 0.753. The molecule has 0 saturated carbocycles. The number of benzene rings is 1. The molecular formula is C18H16BrNO4. The number of aliphatic carboxylic acids is 2. The highest BCUT2D eigenvalue weighted by atomic mass is 79.9. The standard InChI is InChI=1S/C18H16BrNO4/c1-11-5-7-18(17(23)24,9-14(11)16(21)22)15-4-2-3-12(10-20)13(15)6-8-19/h2-5,7H,6,8-9H2,1H3,(H,21,22)(H,23,24). The number of nitrogens with zero attached hydrogens (tertiary/aromatic N) is 1. The maximum Gasteiger partial charge on any atom is 0.331 e. The van der Waals surface area contributed by atoms with Crippen molar-refractivity contribution in [3.8, 4) is 6.07 Å². The molecule has 0 heterocycles. The predicted octanol–water partition coefficient (Wildman–Crippen LogP) is 3.18. The lowest BCUT2D eigenvalue weighted by Crippen LogP contribution is -2.38. The number of hydrogen-bond donors (Lipinski definition) is 2. The Labute approximate surface area is 148 Å². The first-order chi connectivity index (χ1) is 11.4. The number of carboxylic acids is 2. The van der Waals surface area contributed by atoms with Crippen molar-refractivity contribution in [2.75, 3.05) is 5.33 Å². The molecule has 1 aliphatic rings. The molecular weight excluding hydrogens is 374 g/mol. The minimum absolute atomic E-state index is 0.0760. The minimum Gasteiger partial charge on any atom is -0.480 e. The second kappa shape index (κ2) is 7.02. The van der Waals surface area contributed by atoms with Crippen molar-refractivity contribution in [2.24, 2.45) is 0 Å². The Morgan fingerprint density at radius 2 is 2.08 bits per heavy atom. The lowest BCUT2D eigenvalue weighted by molar-refractivity contribution is -0.142. The summed E-state index contributed by atoms with van der Waals surface area (Å²) < 4.78 is 0. The van der Waals surface area contributed by atoms with Crippen LogP contribution in [-0.4, -0.2) is 27.5 Å². The Morgan fingerprint density at radius 3 is 2.62 bits per heavy atom. The lowest BCUT2D eigenvalue weighted by atomic mass is 9.69. The molecule has 1 aromatic rings. The Kier molecular flexibility index (Phi) is 5.25. The van der Waals surface area contributed by atoms with E-state index in [1.807, 2.05) is 0 Å². The van der Waals surface area contributed by atoms with Gasteiger partial charge in [-0.05, 0) is 36.1 Å². The van der Waals surface area contributed by atoms with Crippen LogP contribution in [0.4, 0.5) is 0 Å². The molecule has 0 aliphatic heterocycles. The average Bonchev–Trinajstić information content (AvgIpc) is 2.55. The Hall–Kier alpha value is -2.39. The van der Waals surface area contributed by atoms with Gasteiger partial charge < -0.3 is 10.2 Å². The van der Waals surface area contributed by atoms with Crippen LogP contribution in [0.5, 0.6) is 0 Å². The molecule has 0 bridgehead atoms. The molecule has 1 atom stereocenters. The van der Waals surface area contributed by atoms with Gasteiger partial charge in [0.25, 0.3) is 0 Å². The zero-order valence-corrected chi connectivity index (χ0v) is 14.6. The number of carbonyl (C=O) groups is 2. The molecule has 2 N–H and O–H groups in total. The molecule has 0 fully saturated rings. The molecule has 1 aliphatic carbocycles. The van der Waals surface area contributed by atoms with Gasteiger partial charge in [-0.1, -0.05) is 40.2 Å². The van der Waals surface area contributed by atoms with Crippen molar-refractivity contribution in [1.82, 2.24) is 0 Å². The van der Waals surface area contributed by atoms with Gasteiger partial charge in [-0.25, -0.2) is 4.79 Å². The number of rotatable bonds is 5. The van der Waals surface area contributed by atoms with Crippen molar-refractivity contribution in [3.05, 3.63) is 58.2 Å². The van der Waals surface area contributed by atoms with Gasteiger partial charge in [-0.15, -0.1) is 0 Å². The topological polar surface area (TPSA) is 98.4 Å². The fraction of sp³-hybridized carbons (Fsp3) is 0.278. The number of hydrogen-bond acceptors (Lipinski definition) is 3. The summed E-state index contributed by atoms with van der Waals surface area (Å²) in [5.74, 6) is -2.25. The van der Waals surface area contributed by atoms with Crippen LogP contribution in [0.2, 0.25) is 0 Å². The van der Waals surface area contributed by atoms with Crippen LogP contribution in [0.3, 0.4) is 0 Å². The van der Waals surface area contributed by atoms with Crippen LogP contribution < -0.4 is 0 Å². The van der Waals surface area contributed by atoms with E-state index in [4.69, 9.17) is 0 Å². The third-order valence-electron chi connectivity index (χ3n) is 4.31. The summed E-state index contributed by atoms with van der Waals surface area (Å²) in [7, 11) is 0. The Balaban J connectivity index is 2.72. The van der Waals surface area contributed by atoms with Gasteiger partial charge in [-0.3, -0.25) is 4.79 Å². The first-order valence-electron chi connectivity index (χ1n) is 7.31. The molecule has 0 saturated heterocycles. The van der Waals surface area contributed by atoms with Gasteiger partial charge in [0.2, 0.25) is 0 Å². The summed E-state index contributed by atoms with van der Waals surface area (Å²) in [4.78, 5) is 23.6. The van der Waals surface area contributed by atoms with Gasteiger partial charge in [0.1, 0.15) is 5.41 Å². The monoisotopic (exact) mass is 389 g/mol. The van der Waals surface area contributed by atoms with Crippen molar-refractivity contribution in [3.63, 3.8) is 0 Å². The summed E-state index contributed by atoms with van der Waals surface area (Å²) in [5.41, 5.74) is 0.635. The van der Waals surface area contributed by atoms with Gasteiger partial charge >= 0.3 is 11.9 Å². The Morgan fingerprint density at radius 1 is 1.38 bits per heavy atom. The molecule has 0 spiro atoms. The Bertz CT molecular complexity index is 804. The normalized spacial score (nSPS) is 19.9. The van der Waals surface area contributed by atoms with Gasteiger partial charge in [0, 0.05) is 17.3 Å². The van der Waals surface area contributed by atoms with Crippen LogP contribution in [0.25, 0.3) is 0 Å². The predicted molar refractivity (Wildman–Crippen MR) is 92.1 cm³/mol. The molecule has 24 heavy (non-hydrogen) atoms. The lowest BCUT2D eigenvalue weighted by Gasteiger charge is -2.32. The third kappa shape index (κ3) is 3.00. The van der Waals surface area contributed by atoms with Crippen LogP contribution in [-0.2, 0) is 21.4 Å². The zero-order valence-electron chi connectivity index (χ0n) is 13.0. The maximum atomic E-state index is 12.1. The fourth-order valence-electron chi connectivity index (χ4n) is 3.01. The second-order valence-corrected chi connectivity index (χ2v) is 6.43. The van der Waals surface area contributed by atoms with E-state index in [9.17, 15) is 25.1 Å². The van der Waals surface area contributed by atoms with Crippen molar-refractivity contribution in [2.45, 2.75) is 25.2 Å². The van der Waals surface area contributed by atoms with Crippen LogP contribution in [0.1, 0.15) is 30.0 Å². The summed E-state index contributed by atoms with van der Waals surface area (Å²) >= 11 is 3.33. The third-order valence-corrected chi connectivity index (χ3v) is 4.71. The van der Waals surface area contributed by atoms with Crippen LogP contribution >= 0.6 is 15.9 Å². The molecule has 0 aromatic heterocycles. The molecule has 0 amide bonds. The number of alkyl halides is 1. The summed E-state index contributed by atoms with van der Waals surface area (Å²) in [6.45, 7) is 1.65. The van der Waals surface area contributed by atoms with Crippen molar-refractivity contribution in [1.29, 1.82) is 5.26 Å². The molecule has 1 aromatic carbocycles.